The standard InChI is InChI=1S/C13H14FN3O2S/c1-20(18,19)17-11-6-7-13(16-9-11)15-8-10-4-2-3-5-12(10)14/h2-7,9,17H,8H2,1H3,(H,15,16). The fourth-order valence-corrected chi connectivity index (χ4v) is 2.15. The van der Waals surface area contributed by atoms with Crippen molar-refractivity contribution < 1.29 is 12.8 Å². The smallest absolute Gasteiger partial charge is 0.229 e. The first-order valence-corrected chi connectivity index (χ1v) is 7.74. The van der Waals surface area contributed by atoms with Crippen molar-refractivity contribution in [3.63, 3.8) is 0 Å². The molecule has 106 valence electrons. The monoisotopic (exact) mass is 295 g/mol. The number of nitrogens with zero attached hydrogens (tertiary/aromatic N) is 1. The molecule has 2 N–H and O–H groups in total. The highest BCUT2D eigenvalue weighted by Crippen LogP contribution is 2.13. The fraction of sp³-hybridized carbons (Fsp3) is 0.154. The van der Waals surface area contributed by atoms with E-state index in [0.717, 1.165) is 6.26 Å². The summed E-state index contributed by atoms with van der Waals surface area (Å²) in [5.41, 5.74) is 0.913. The number of rotatable bonds is 5. The minimum Gasteiger partial charge on any atom is -0.366 e. The van der Waals surface area contributed by atoms with E-state index in [1.807, 2.05) is 0 Å². The summed E-state index contributed by atoms with van der Waals surface area (Å²) in [7, 11) is -3.31. The van der Waals surface area contributed by atoms with Crippen LogP contribution in [0, 0.1) is 5.82 Å². The number of nitrogens with one attached hydrogen (secondary N) is 2. The summed E-state index contributed by atoms with van der Waals surface area (Å²) in [6.45, 7) is 0.304. The van der Waals surface area contributed by atoms with Gasteiger partial charge in [-0.3, -0.25) is 4.72 Å². The van der Waals surface area contributed by atoms with Crippen LogP contribution in [0.25, 0.3) is 0 Å². The molecule has 0 saturated carbocycles. The minimum atomic E-state index is -3.31. The van der Waals surface area contributed by atoms with E-state index in [-0.39, 0.29) is 5.82 Å². The first-order valence-electron chi connectivity index (χ1n) is 5.85. The van der Waals surface area contributed by atoms with E-state index in [9.17, 15) is 12.8 Å². The van der Waals surface area contributed by atoms with E-state index in [1.165, 1.54) is 12.3 Å². The van der Waals surface area contributed by atoms with Gasteiger partial charge in [-0.1, -0.05) is 18.2 Å². The van der Waals surface area contributed by atoms with Crippen molar-refractivity contribution >= 4 is 21.5 Å². The van der Waals surface area contributed by atoms with Gasteiger partial charge in [-0.15, -0.1) is 0 Å². The van der Waals surface area contributed by atoms with Crippen molar-refractivity contribution in [2.75, 3.05) is 16.3 Å². The minimum absolute atomic E-state index is 0.282. The first kappa shape index (κ1) is 14.3. The molecular weight excluding hydrogens is 281 g/mol. The molecule has 7 heteroatoms. The van der Waals surface area contributed by atoms with Crippen LogP contribution in [0.2, 0.25) is 0 Å². The van der Waals surface area contributed by atoms with Gasteiger partial charge < -0.3 is 5.32 Å². The van der Waals surface area contributed by atoms with Crippen LogP contribution in [-0.2, 0) is 16.6 Å². The molecule has 0 saturated heterocycles. The van der Waals surface area contributed by atoms with Gasteiger partial charge in [0, 0.05) is 12.1 Å². The Bertz CT molecular complexity index is 687. The molecule has 1 aromatic heterocycles. The van der Waals surface area contributed by atoms with Gasteiger partial charge >= 0.3 is 0 Å². The van der Waals surface area contributed by atoms with E-state index < -0.39 is 10.0 Å². The van der Waals surface area contributed by atoms with Gasteiger partial charge in [0.05, 0.1) is 18.1 Å². The van der Waals surface area contributed by atoms with Gasteiger partial charge in [-0.25, -0.2) is 17.8 Å². The Kier molecular flexibility index (Phi) is 4.19. The number of sulfonamides is 1. The number of halogens is 1. The number of pyridine rings is 1. The maximum absolute atomic E-state index is 13.4. The second-order valence-electron chi connectivity index (χ2n) is 4.25. The highest BCUT2D eigenvalue weighted by atomic mass is 32.2. The third kappa shape index (κ3) is 4.20. The normalized spacial score (nSPS) is 11.1. The predicted octanol–water partition coefficient (Wildman–Crippen LogP) is 2.20. The zero-order chi connectivity index (χ0) is 14.6. The van der Waals surface area contributed by atoms with Gasteiger partial charge in [-0.2, -0.15) is 0 Å². The van der Waals surface area contributed by atoms with Crippen molar-refractivity contribution in [1.82, 2.24) is 4.98 Å². The zero-order valence-corrected chi connectivity index (χ0v) is 11.6. The van der Waals surface area contributed by atoms with Crippen LogP contribution < -0.4 is 10.0 Å². The average Bonchev–Trinajstić information content (AvgIpc) is 2.38. The molecular formula is C13H14FN3O2S. The summed E-state index contributed by atoms with van der Waals surface area (Å²) in [5, 5.41) is 2.96. The average molecular weight is 295 g/mol. The topological polar surface area (TPSA) is 71.1 Å². The van der Waals surface area contributed by atoms with E-state index in [2.05, 4.69) is 15.0 Å². The summed E-state index contributed by atoms with van der Waals surface area (Å²) < 4.78 is 37.8. The van der Waals surface area contributed by atoms with Crippen molar-refractivity contribution in [1.29, 1.82) is 0 Å². The third-order valence-electron chi connectivity index (χ3n) is 2.48. The zero-order valence-electron chi connectivity index (χ0n) is 10.8. The van der Waals surface area contributed by atoms with Gasteiger partial charge in [0.2, 0.25) is 10.0 Å². The van der Waals surface area contributed by atoms with Crippen LogP contribution in [0.5, 0.6) is 0 Å². The van der Waals surface area contributed by atoms with Crippen LogP contribution in [0.3, 0.4) is 0 Å². The molecule has 0 aliphatic carbocycles. The van der Waals surface area contributed by atoms with E-state index in [4.69, 9.17) is 0 Å². The van der Waals surface area contributed by atoms with Gasteiger partial charge in [0.25, 0.3) is 0 Å². The molecule has 0 bridgehead atoms. The van der Waals surface area contributed by atoms with Crippen LogP contribution in [0.15, 0.2) is 42.6 Å². The second kappa shape index (κ2) is 5.87. The fourth-order valence-electron chi connectivity index (χ4n) is 1.60. The lowest BCUT2D eigenvalue weighted by molar-refractivity contribution is 0.606. The van der Waals surface area contributed by atoms with E-state index >= 15 is 0 Å². The number of hydrogen-bond donors (Lipinski definition) is 2. The van der Waals surface area contributed by atoms with Crippen molar-refractivity contribution in [3.05, 3.63) is 54.0 Å². The van der Waals surface area contributed by atoms with Crippen LogP contribution in [0.4, 0.5) is 15.9 Å². The third-order valence-corrected chi connectivity index (χ3v) is 3.09. The molecule has 0 unspecified atom stereocenters. The Morgan fingerprint density at radius 1 is 1.20 bits per heavy atom. The number of benzene rings is 1. The molecule has 1 heterocycles. The quantitative estimate of drug-likeness (QED) is 0.887. The molecule has 0 atom stereocenters. The Hall–Kier alpha value is -2.15. The van der Waals surface area contributed by atoms with Crippen LogP contribution in [-0.4, -0.2) is 19.7 Å². The Morgan fingerprint density at radius 3 is 2.55 bits per heavy atom. The molecule has 0 aliphatic rings. The van der Waals surface area contributed by atoms with Crippen LogP contribution in [0.1, 0.15) is 5.56 Å². The van der Waals surface area contributed by atoms with Gasteiger partial charge in [0.1, 0.15) is 11.6 Å². The highest BCUT2D eigenvalue weighted by molar-refractivity contribution is 7.92. The molecule has 0 amide bonds. The molecule has 5 nitrogen and oxygen atoms in total. The first-order chi connectivity index (χ1) is 9.44. The summed E-state index contributed by atoms with van der Waals surface area (Å²) in [6, 6.07) is 9.66. The van der Waals surface area contributed by atoms with Crippen LogP contribution >= 0.6 is 0 Å². The van der Waals surface area contributed by atoms with Crippen molar-refractivity contribution in [2.24, 2.45) is 0 Å². The van der Waals surface area contributed by atoms with E-state index in [0.29, 0.717) is 23.6 Å². The molecule has 0 aliphatic heterocycles. The second-order valence-corrected chi connectivity index (χ2v) is 6.00. The lowest BCUT2D eigenvalue weighted by Gasteiger charge is -2.08. The maximum Gasteiger partial charge on any atom is 0.229 e. The molecule has 0 spiro atoms. The lowest BCUT2D eigenvalue weighted by Crippen LogP contribution is -2.10. The summed E-state index contributed by atoms with van der Waals surface area (Å²) in [6.07, 6.45) is 2.46. The number of hydrogen-bond acceptors (Lipinski definition) is 4. The summed E-state index contributed by atoms with van der Waals surface area (Å²) in [5.74, 6) is 0.252. The summed E-state index contributed by atoms with van der Waals surface area (Å²) >= 11 is 0. The molecule has 2 rings (SSSR count). The lowest BCUT2D eigenvalue weighted by atomic mass is 10.2. The molecule has 20 heavy (non-hydrogen) atoms. The molecule has 1 aromatic carbocycles. The van der Waals surface area contributed by atoms with Gasteiger partial charge in [-0.05, 0) is 18.2 Å². The number of anilines is 2. The molecule has 0 radical (unpaired) electrons. The maximum atomic E-state index is 13.4. The SMILES string of the molecule is CS(=O)(=O)Nc1ccc(NCc2ccccc2F)nc1. The largest absolute Gasteiger partial charge is 0.366 e. The highest BCUT2D eigenvalue weighted by Gasteiger charge is 2.03. The van der Waals surface area contributed by atoms with Gasteiger partial charge in [0.15, 0.2) is 0 Å². The van der Waals surface area contributed by atoms with E-state index in [1.54, 1.807) is 30.3 Å². The van der Waals surface area contributed by atoms with Crippen molar-refractivity contribution in [2.45, 2.75) is 6.54 Å². The molecule has 2 aromatic rings. The Balaban J connectivity index is 1.99. The Morgan fingerprint density at radius 2 is 1.95 bits per heavy atom. The van der Waals surface area contributed by atoms with Crippen molar-refractivity contribution in [3.8, 4) is 0 Å². The number of aromatic nitrogens is 1. The molecule has 0 fully saturated rings. The summed E-state index contributed by atoms with van der Waals surface area (Å²) in [4.78, 5) is 4.05. The predicted molar refractivity (Wildman–Crippen MR) is 76.4 cm³/mol. The Labute approximate surface area is 116 Å².